The van der Waals surface area contributed by atoms with Crippen molar-refractivity contribution in [2.45, 2.75) is 6.18 Å². The maximum absolute atomic E-state index is 13.3. The van der Waals surface area contributed by atoms with Crippen molar-refractivity contribution in [2.75, 3.05) is 11.9 Å². The summed E-state index contributed by atoms with van der Waals surface area (Å²) in [4.78, 5) is 11.8. The van der Waals surface area contributed by atoms with E-state index in [1.165, 1.54) is 6.08 Å². The number of anilines is 1. The van der Waals surface area contributed by atoms with Gasteiger partial charge < -0.3 is 4.90 Å². The average Bonchev–Trinajstić information content (AvgIpc) is 2.57. The van der Waals surface area contributed by atoms with Gasteiger partial charge in [-0.05, 0) is 35.4 Å². The first-order valence-electron chi connectivity index (χ1n) is 7.35. The molecule has 0 saturated carbocycles. The highest BCUT2D eigenvalue weighted by atomic mass is 19.4. The maximum Gasteiger partial charge on any atom is 0.417 e. The summed E-state index contributed by atoms with van der Waals surface area (Å²) in [5.74, 6) is 0. The molecule has 0 saturated heterocycles. The average molecular weight is 346 g/mol. The second-order valence-corrected chi connectivity index (χ2v) is 5.57. The molecule has 7 heteroatoms. The number of nitrogens with zero attached hydrogens (tertiary/aromatic N) is 2. The molecule has 0 amide bonds. The van der Waals surface area contributed by atoms with E-state index < -0.39 is 22.4 Å². The minimum Gasteiger partial charge on any atom is -0.351 e. The Morgan fingerprint density at radius 3 is 2.56 bits per heavy atom. The van der Waals surface area contributed by atoms with Crippen LogP contribution < -0.4 is 4.90 Å². The molecule has 0 spiro atoms. The Balaban J connectivity index is 2.16. The Kier molecular flexibility index (Phi) is 4.08. The van der Waals surface area contributed by atoms with Crippen LogP contribution in [0.1, 0.15) is 16.7 Å². The Morgan fingerprint density at radius 1 is 1.16 bits per heavy atom. The Labute approximate surface area is 141 Å². The monoisotopic (exact) mass is 346 g/mol. The van der Waals surface area contributed by atoms with Crippen LogP contribution in [0.3, 0.4) is 0 Å². The molecule has 0 radical (unpaired) electrons. The van der Waals surface area contributed by atoms with E-state index in [9.17, 15) is 23.3 Å². The summed E-state index contributed by atoms with van der Waals surface area (Å²) in [6.07, 6.45) is 0.179. The van der Waals surface area contributed by atoms with Gasteiger partial charge in [-0.1, -0.05) is 18.2 Å². The molecule has 0 fully saturated rings. The number of benzene rings is 2. The van der Waals surface area contributed by atoms with Crippen LogP contribution in [0.2, 0.25) is 0 Å². The zero-order chi connectivity index (χ0) is 18.2. The summed E-state index contributed by atoms with van der Waals surface area (Å²) in [5.41, 5.74) is 0.531. The quantitative estimate of drug-likeness (QED) is 0.560. The predicted octanol–water partition coefficient (Wildman–Crippen LogP) is 5.12. The normalized spacial score (nSPS) is 15.4. The molecular formula is C18H13F3N2O2. The summed E-state index contributed by atoms with van der Waals surface area (Å²) < 4.78 is 40.0. The van der Waals surface area contributed by atoms with Gasteiger partial charge in [0.25, 0.3) is 5.69 Å². The predicted molar refractivity (Wildman–Crippen MR) is 90.0 cm³/mol. The molecule has 4 nitrogen and oxygen atoms in total. The van der Waals surface area contributed by atoms with Gasteiger partial charge in [-0.25, -0.2) is 0 Å². The highest BCUT2D eigenvalue weighted by molar-refractivity contribution is 5.95. The minimum atomic E-state index is -4.69. The number of rotatable bonds is 2. The number of nitro groups is 1. The van der Waals surface area contributed by atoms with E-state index in [2.05, 4.69) is 0 Å². The van der Waals surface area contributed by atoms with Crippen molar-refractivity contribution in [3.05, 3.63) is 81.5 Å². The van der Waals surface area contributed by atoms with Crippen LogP contribution in [-0.2, 0) is 6.18 Å². The molecule has 0 aliphatic carbocycles. The number of alkyl halides is 3. The molecule has 1 aliphatic rings. The lowest BCUT2D eigenvalue weighted by Gasteiger charge is -2.24. The lowest BCUT2D eigenvalue weighted by Crippen LogP contribution is -2.13. The lowest BCUT2D eigenvalue weighted by atomic mass is 9.96. The van der Waals surface area contributed by atoms with Gasteiger partial charge in [-0.3, -0.25) is 10.1 Å². The number of halogens is 3. The fourth-order valence-corrected chi connectivity index (χ4v) is 2.71. The Morgan fingerprint density at radius 2 is 1.88 bits per heavy atom. The lowest BCUT2D eigenvalue weighted by molar-refractivity contribution is -0.385. The van der Waals surface area contributed by atoms with Crippen LogP contribution in [0, 0.1) is 10.1 Å². The van der Waals surface area contributed by atoms with Gasteiger partial charge in [0.2, 0.25) is 0 Å². The van der Waals surface area contributed by atoms with Crippen molar-refractivity contribution in [1.82, 2.24) is 0 Å². The molecule has 3 rings (SSSR count). The highest BCUT2D eigenvalue weighted by Crippen LogP contribution is 2.38. The fraction of sp³-hybridized carbons (Fsp3) is 0.111. The largest absolute Gasteiger partial charge is 0.417 e. The molecule has 25 heavy (non-hydrogen) atoms. The van der Waals surface area contributed by atoms with Crippen molar-refractivity contribution in [3.63, 3.8) is 0 Å². The van der Waals surface area contributed by atoms with Gasteiger partial charge in [0.15, 0.2) is 0 Å². The Bertz CT molecular complexity index is 901. The van der Waals surface area contributed by atoms with Gasteiger partial charge >= 0.3 is 6.18 Å². The van der Waals surface area contributed by atoms with Gasteiger partial charge in [0.05, 0.1) is 10.5 Å². The van der Waals surface area contributed by atoms with E-state index in [0.717, 1.165) is 23.4 Å². The number of fused-ring (bicyclic) bond motifs is 1. The first-order chi connectivity index (χ1) is 11.8. The van der Waals surface area contributed by atoms with E-state index in [4.69, 9.17) is 0 Å². The van der Waals surface area contributed by atoms with Gasteiger partial charge in [-0.15, -0.1) is 0 Å². The summed E-state index contributed by atoms with van der Waals surface area (Å²) in [7, 11) is 1.85. The molecule has 1 aliphatic heterocycles. The first kappa shape index (κ1) is 16.8. The van der Waals surface area contributed by atoms with E-state index in [-0.39, 0.29) is 5.56 Å². The third-order valence-electron chi connectivity index (χ3n) is 3.94. The summed E-state index contributed by atoms with van der Waals surface area (Å²) in [6, 6.07) is 10.1. The van der Waals surface area contributed by atoms with Crippen LogP contribution >= 0.6 is 0 Å². The molecule has 2 aromatic rings. The van der Waals surface area contributed by atoms with Gasteiger partial charge in [0, 0.05) is 36.6 Å². The van der Waals surface area contributed by atoms with E-state index in [0.29, 0.717) is 11.6 Å². The smallest absolute Gasteiger partial charge is 0.351 e. The molecule has 0 bridgehead atoms. The molecule has 2 aromatic carbocycles. The fourth-order valence-electron chi connectivity index (χ4n) is 2.71. The van der Waals surface area contributed by atoms with Crippen LogP contribution in [0.15, 0.2) is 54.7 Å². The Hall–Kier alpha value is -3.09. The molecule has 128 valence electrons. The number of para-hydroxylation sites is 1. The summed E-state index contributed by atoms with van der Waals surface area (Å²) in [6.45, 7) is 0. The van der Waals surface area contributed by atoms with Crippen molar-refractivity contribution < 1.29 is 18.1 Å². The molecule has 0 N–H and O–H groups in total. The maximum atomic E-state index is 13.3. The second kappa shape index (κ2) is 6.08. The van der Waals surface area contributed by atoms with E-state index >= 15 is 0 Å². The molecule has 0 atom stereocenters. The van der Waals surface area contributed by atoms with Crippen LogP contribution in [0.4, 0.5) is 24.5 Å². The van der Waals surface area contributed by atoms with E-state index in [1.54, 1.807) is 18.3 Å². The third-order valence-corrected chi connectivity index (χ3v) is 3.94. The highest BCUT2D eigenvalue weighted by Gasteiger charge is 2.34. The molecule has 0 aromatic heterocycles. The van der Waals surface area contributed by atoms with Crippen molar-refractivity contribution in [1.29, 1.82) is 0 Å². The van der Waals surface area contributed by atoms with Crippen LogP contribution in [-0.4, -0.2) is 12.0 Å². The topological polar surface area (TPSA) is 46.4 Å². The molecular weight excluding hydrogens is 333 g/mol. The van der Waals surface area contributed by atoms with Crippen LogP contribution in [0.5, 0.6) is 0 Å². The SMILES string of the molecule is CN1C=C/C(=C\c2ccc([N+](=O)[O-])cc2C(F)(F)F)c2ccccc21. The standard InChI is InChI=1S/C18H13F3N2O2/c1-22-9-8-12(15-4-2-3-5-17(15)22)10-13-6-7-14(23(24)25)11-16(13)18(19,20)21/h2-11H,1H3/b12-10+. The number of hydrogen-bond donors (Lipinski definition) is 0. The second-order valence-electron chi connectivity index (χ2n) is 5.57. The van der Waals surface area contributed by atoms with Crippen molar-refractivity contribution in [3.8, 4) is 0 Å². The van der Waals surface area contributed by atoms with E-state index in [1.807, 2.05) is 30.1 Å². The number of nitro benzene ring substituents is 1. The van der Waals surface area contributed by atoms with Crippen molar-refractivity contribution >= 4 is 23.0 Å². The zero-order valence-corrected chi connectivity index (χ0v) is 13.1. The van der Waals surface area contributed by atoms with Crippen molar-refractivity contribution in [2.24, 2.45) is 0 Å². The third kappa shape index (κ3) is 3.26. The minimum absolute atomic E-state index is 0.114. The number of allylic oxidation sites excluding steroid dienone is 2. The zero-order valence-electron chi connectivity index (χ0n) is 13.1. The van der Waals surface area contributed by atoms with Gasteiger partial charge in [0.1, 0.15) is 0 Å². The summed E-state index contributed by atoms with van der Waals surface area (Å²) >= 11 is 0. The first-order valence-corrected chi connectivity index (χ1v) is 7.35. The molecule has 0 unspecified atom stereocenters. The number of hydrogen-bond acceptors (Lipinski definition) is 3. The summed E-state index contributed by atoms with van der Waals surface area (Å²) in [5, 5.41) is 10.8. The van der Waals surface area contributed by atoms with Crippen LogP contribution in [0.25, 0.3) is 11.6 Å². The molecule has 1 heterocycles. The number of non-ortho nitro benzene ring substituents is 1. The van der Waals surface area contributed by atoms with Gasteiger partial charge in [-0.2, -0.15) is 13.2 Å².